The van der Waals surface area contributed by atoms with Crippen molar-refractivity contribution in [3.63, 3.8) is 0 Å². The van der Waals surface area contributed by atoms with Gasteiger partial charge in [-0.05, 0) is 61.2 Å². The smallest absolute Gasteiger partial charge is 0.264 e. The Labute approximate surface area is 264 Å². The Morgan fingerprint density at radius 2 is 1.61 bits per heavy atom. The molecule has 11 heteroatoms. The molecular formula is C33H38ClN3O6S. The SMILES string of the molecule is CCC(C(=O)NC1CCCCC1)N(Cc1ccc(Cl)cc1)C(=O)CN(c1ccc2c(c1)OCCO2)S(=O)(=O)c1ccccc1. The van der Waals surface area contributed by atoms with Crippen LogP contribution in [-0.2, 0) is 26.2 Å². The van der Waals surface area contributed by atoms with Gasteiger partial charge in [0.2, 0.25) is 11.8 Å². The minimum atomic E-state index is -4.19. The number of amides is 2. The molecule has 1 heterocycles. The Morgan fingerprint density at radius 3 is 2.30 bits per heavy atom. The van der Waals surface area contributed by atoms with Crippen LogP contribution < -0.4 is 19.1 Å². The quantitative estimate of drug-likeness (QED) is 0.294. The van der Waals surface area contributed by atoms with Gasteiger partial charge in [0.1, 0.15) is 25.8 Å². The standard InChI is InChI=1S/C33H38ClN3O6S/c1-2-29(33(39)35-26-9-5-3-6-10-26)36(22-24-13-15-25(34)16-14-24)32(38)23-37(44(40,41)28-11-7-4-8-12-28)27-17-18-30-31(21-27)43-20-19-42-30/h4,7-8,11-18,21,26,29H,2-3,5-6,9-10,19-20,22-23H2,1H3,(H,35,39). The highest BCUT2D eigenvalue weighted by Gasteiger charge is 2.35. The number of benzene rings is 3. The van der Waals surface area contributed by atoms with Gasteiger partial charge in [0.05, 0.1) is 10.6 Å². The molecule has 9 nitrogen and oxygen atoms in total. The zero-order valence-electron chi connectivity index (χ0n) is 24.8. The molecule has 2 aliphatic rings. The number of ether oxygens (including phenoxy) is 2. The summed E-state index contributed by atoms with van der Waals surface area (Å²) >= 11 is 6.12. The van der Waals surface area contributed by atoms with E-state index in [0.29, 0.717) is 36.2 Å². The Balaban J connectivity index is 1.50. The fourth-order valence-electron chi connectivity index (χ4n) is 5.69. The molecule has 0 saturated heterocycles. The van der Waals surface area contributed by atoms with Crippen molar-refractivity contribution in [1.29, 1.82) is 0 Å². The summed E-state index contributed by atoms with van der Waals surface area (Å²) in [7, 11) is -4.19. The van der Waals surface area contributed by atoms with Gasteiger partial charge >= 0.3 is 0 Å². The largest absolute Gasteiger partial charge is 0.486 e. The Hall–Kier alpha value is -3.76. The van der Waals surface area contributed by atoms with Crippen LogP contribution in [0.4, 0.5) is 5.69 Å². The molecule has 234 valence electrons. The van der Waals surface area contributed by atoms with E-state index in [9.17, 15) is 18.0 Å². The number of nitrogens with one attached hydrogen (secondary N) is 1. The molecule has 5 rings (SSSR count). The number of carbonyl (C=O) groups is 2. The van der Waals surface area contributed by atoms with Crippen LogP contribution >= 0.6 is 11.6 Å². The monoisotopic (exact) mass is 639 g/mol. The lowest BCUT2D eigenvalue weighted by atomic mass is 9.95. The number of nitrogens with zero attached hydrogens (tertiary/aromatic N) is 2. The topological polar surface area (TPSA) is 105 Å². The van der Waals surface area contributed by atoms with Crippen LogP contribution in [0.25, 0.3) is 0 Å². The number of hydrogen-bond donors (Lipinski definition) is 1. The molecule has 1 N–H and O–H groups in total. The summed E-state index contributed by atoms with van der Waals surface area (Å²) in [5, 5.41) is 3.71. The van der Waals surface area contributed by atoms with Crippen molar-refractivity contribution in [3.05, 3.63) is 83.4 Å². The predicted molar refractivity (Wildman–Crippen MR) is 170 cm³/mol. The summed E-state index contributed by atoms with van der Waals surface area (Å²) in [6.45, 7) is 2.14. The number of hydrogen-bond acceptors (Lipinski definition) is 6. The first kappa shape index (κ1) is 31.7. The second kappa shape index (κ2) is 14.3. The Morgan fingerprint density at radius 1 is 0.932 bits per heavy atom. The summed E-state index contributed by atoms with van der Waals surface area (Å²) in [6.07, 6.45) is 5.42. The number of carbonyl (C=O) groups excluding carboxylic acids is 2. The van der Waals surface area contributed by atoms with E-state index in [1.165, 1.54) is 17.0 Å². The van der Waals surface area contributed by atoms with Crippen molar-refractivity contribution >= 4 is 39.1 Å². The van der Waals surface area contributed by atoms with E-state index in [0.717, 1.165) is 42.0 Å². The molecule has 0 bridgehead atoms. The van der Waals surface area contributed by atoms with E-state index in [2.05, 4.69) is 5.32 Å². The highest BCUT2D eigenvalue weighted by atomic mass is 35.5. The summed E-state index contributed by atoms with van der Waals surface area (Å²) in [6, 6.07) is 19.1. The van der Waals surface area contributed by atoms with Crippen LogP contribution in [0.5, 0.6) is 11.5 Å². The van der Waals surface area contributed by atoms with Gasteiger partial charge in [-0.15, -0.1) is 0 Å². The summed E-state index contributed by atoms with van der Waals surface area (Å²) in [5.74, 6) is 0.141. The van der Waals surface area contributed by atoms with Crippen LogP contribution in [0.3, 0.4) is 0 Å². The summed E-state index contributed by atoms with van der Waals surface area (Å²) < 4.78 is 40.6. The van der Waals surface area contributed by atoms with Crippen molar-refractivity contribution in [2.24, 2.45) is 0 Å². The first-order chi connectivity index (χ1) is 21.3. The van der Waals surface area contributed by atoms with Gasteiger partial charge in [0.25, 0.3) is 10.0 Å². The minimum absolute atomic E-state index is 0.0361. The molecule has 1 unspecified atom stereocenters. The second-order valence-electron chi connectivity index (χ2n) is 11.1. The van der Waals surface area contributed by atoms with Crippen molar-refractivity contribution < 1.29 is 27.5 Å². The fourth-order valence-corrected chi connectivity index (χ4v) is 7.24. The van der Waals surface area contributed by atoms with Crippen LogP contribution in [0.1, 0.15) is 51.0 Å². The Bertz CT molecular complexity index is 1550. The van der Waals surface area contributed by atoms with Crippen LogP contribution in [0.15, 0.2) is 77.7 Å². The van der Waals surface area contributed by atoms with Gasteiger partial charge in [0, 0.05) is 23.7 Å². The maximum atomic E-state index is 14.3. The van der Waals surface area contributed by atoms with Crippen molar-refractivity contribution in [2.45, 2.75) is 69.0 Å². The van der Waals surface area contributed by atoms with E-state index in [-0.39, 0.29) is 29.1 Å². The molecule has 1 aliphatic carbocycles. The molecular weight excluding hydrogens is 602 g/mol. The first-order valence-corrected chi connectivity index (χ1v) is 16.9. The van der Waals surface area contributed by atoms with Crippen LogP contribution in [0, 0.1) is 0 Å². The average Bonchev–Trinajstić information content (AvgIpc) is 3.05. The zero-order valence-corrected chi connectivity index (χ0v) is 26.4. The van der Waals surface area contributed by atoms with E-state index in [1.54, 1.807) is 60.7 Å². The molecule has 0 spiro atoms. The number of rotatable bonds is 11. The maximum absolute atomic E-state index is 14.3. The molecule has 3 aromatic carbocycles. The van der Waals surface area contributed by atoms with E-state index < -0.39 is 28.5 Å². The zero-order chi connectivity index (χ0) is 31.1. The van der Waals surface area contributed by atoms with Crippen molar-refractivity contribution in [1.82, 2.24) is 10.2 Å². The molecule has 1 fully saturated rings. The van der Waals surface area contributed by atoms with Crippen LogP contribution in [0.2, 0.25) is 5.02 Å². The van der Waals surface area contributed by atoms with Crippen molar-refractivity contribution in [3.8, 4) is 11.5 Å². The van der Waals surface area contributed by atoms with Gasteiger partial charge in [-0.1, -0.05) is 68.1 Å². The summed E-state index contributed by atoms with van der Waals surface area (Å²) in [5.41, 5.74) is 1.01. The highest BCUT2D eigenvalue weighted by Crippen LogP contribution is 2.36. The predicted octanol–water partition coefficient (Wildman–Crippen LogP) is 5.56. The molecule has 1 aliphatic heterocycles. The molecule has 0 aromatic heterocycles. The number of halogens is 1. The number of sulfonamides is 1. The third kappa shape index (κ3) is 7.47. The molecule has 1 saturated carbocycles. The minimum Gasteiger partial charge on any atom is -0.486 e. The van der Waals surface area contributed by atoms with E-state index >= 15 is 0 Å². The summed E-state index contributed by atoms with van der Waals surface area (Å²) in [4.78, 5) is 29.5. The molecule has 1 atom stereocenters. The van der Waals surface area contributed by atoms with Crippen molar-refractivity contribution in [2.75, 3.05) is 24.1 Å². The molecule has 0 radical (unpaired) electrons. The Kier molecular flexibility index (Phi) is 10.3. The third-order valence-corrected chi connectivity index (χ3v) is 10.1. The molecule has 3 aromatic rings. The highest BCUT2D eigenvalue weighted by molar-refractivity contribution is 7.92. The lowest BCUT2D eigenvalue weighted by molar-refractivity contribution is -0.140. The lowest BCUT2D eigenvalue weighted by Gasteiger charge is -2.34. The van der Waals surface area contributed by atoms with Gasteiger partial charge in [-0.3, -0.25) is 13.9 Å². The molecule has 44 heavy (non-hydrogen) atoms. The average molecular weight is 640 g/mol. The molecule has 2 amide bonds. The van der Waals surface area contributed by atoms with Gasteiger partial charge in [0.15, 0.2) is 11.5 Å². The normalized spacial score (nSPS) is 15.7. The lowest BCUT2D eigenvalue weighted by Crippen LogP contribution is -2.54. The first-order valence-electron chi connectivity index (χ1n) is 15.1. The van der Waals surface area contributed by atoms with E-state index in [1.807, 2.05) is 6.92 Å². The fraction of sp³-hybridized carbons (Fsp3) is 0.394. The number of anilines is 1. The van der Waals surface area contributed by atoms with E-state index in [4.69, 9.17) is 21.1 Å². The second-order valence-corrected chi connectivity index (χ2v) is 13.4. The van der Waals surface area contributed by atoms with Gasteiger partial charge in [-0.25, -0.2) is 8.42 Å². The van der Waals surface area contributed by atoms with Gasteiger partial charge in [-0.2, -0.15) is 0 Å². The number of fused-ring (bicyclic) bond motifs is 1. The maximum Gasteiger partial charge on any atom is 0.264 e. The van der Waals surface area contributed by atoms with Crippen LogP contribution in [-0.4, -0.2) is 57.0 Å². The van der Waals surface area contributed by atoms with Gasteiger partial charge < -0.3 is 19.7 Å². The third-order valence-electron chi connectivity index (χ3n) is 8.03.